The molecule has 5 nitrogen and oxygen atoms in total. The van der Waals surface area contributed by atoms with Crippen LogP contribution in [0.5, 0.6) is 5.75 Å². The lowest BCUT2D eigenvalue weighted by molar-refractivity contribution is 0.0954. The molecule has 1 amide bonds. The van der Waals surface area contributed by atoms with Gasteiger partial charge in [0.2, 0.25) is 0 Å². The SMILES string of the molecule is CCOc1ccc(C(=O)NCCc2cc3cc(C)c(C)cc3[nH]c2=O)cc1. The highest BCUT2D eigenvalue weighted by Crippen LogP contribution is 2.17. The normalized spacial score (nSPS) is 10.8. The number of benzene rings is 2. The smallest absolute Gasteiger partial charge is 0.251 e. The molecular formula is C22H24N2O3. The van der Waals surface area contributed by atoms with Gasteiger partial charge in [0.25, 0.3) is 11.5 Å². The molecule has 0 saturated heterocycles. The minimum atomic E-state index is -0.165. The summed E-state index contributed by atoms with van der Waals surface area (Å²) in [6.07, 6.45) is 0.473. The zero-order chi connectivity index (χ0) is 19.4. The van der Waals surface area contributed by atoms with E-state index in [2.05, 4.69) is 23.3 Å². The van der Waals surface area contributed by atoms with Gasteiger partial charge in [-0.2, -0.15) is 0 Å². The van der Waals surface area contributed by atoms with Crippen LogP contribution >= 0.6 is 0 Å². The number of aromatic nitrogens is 1. The topological polar surface area (TPSA) is 71.2 Å². The maximum atomic E-state index is 12.3. The van der Waals surface area contributed by atoms with Crippen molar-refractivity contribution in [1.82, 2.24) is 10.3 Å². The summed E-state index contributed by atoms with van der Waals surface area (Å²) in [5, 5.41) is 3.87. The predicted molar refractivity (Wildman–Crippen MR) is 108 cm³/mol. The Balaban J connectivity index is 1.66. The number of aromatic amines is 1. The van der Waals surface area contributed by atoms with Crippen molar-refractivity contribution in [3.05, 3.63) is 75.1 Å². The molecule has 0 radical (unpaired) electrons. The van der Waals surface area contributed by atoms with Crippen LogP contribution < -0.4 is 15.6 Å². The maximum absolute atomic E-state index is 12.3. The minimum Gasteiger partial charge on any atom is -0.494 e. The van der Waals surface area contributed by atoms with Crippen LogP contribution in [0.1, 0.15) is 34.0 Å². The van der Waals surface area contributed by atoms with E-state index >= 15 is 0 Å². The van der Waals surface area contributed by atoms with Crippen LogP contribution in [0.15, 0.2) is 47.3 Å². The molecule has 3 rings (SSSR count). The van der Waals surface area contributed by atoms with Gasteiger partial charge < -0.3 is 15.0 Å². The number of carbonyl (C=O) groups excluding carboxylic acids is 1. The Bertz CT molecular complexity index is 1020. The van der Waals surface area contributed by atoms with Crippen molar-refractivity contribution < 1.29 is 9.53 Å². The van der Waals surface area contributed by atoms with Gasteiger partial charge in [-0.1, -0.05) is 0 Å². The fraction of sp³-hybridized carbons (Fsp3) is 0.273. The molecule has 0 aliphatic rings. The summed E-state index contributed by atoms with van der Waals surface area (Å²) < 4.78 is 5.37. The molecular weight excluding hydrogens is 340 g/mol. The van der Waals surface area contributed by atoms with Crippen LogP contribution in [0.3, 0.4) is 0 Å². The Kier molecular flexibility index (Phi) is 5.60. The molecule has 0 saturated carbocycles. The summed E-state index contributed by atoms with van der Waals surface area (Å²) in [5.74, 6) is 0.573. The van der Waals surface area contributed by atoms with Crippen molar-refractivity contribution in [1.29, 1.82) is 0 Å². The van der Waals surface area contributed by atoms with E-state index in [9.17, 15) is 9.59 Å². The van der Waals surface area contributed by atoms with Gasteiger partial charge in [-0.05, 0) is 86.2 Å². The number of rotatable bonds is 6. The van der Waals surface area contributed by atoms with E-state index in [0.29, 0.717) is 30.7 Å². The van der Waals surface area contributed by atoms with E-state index in [1.165, 1.54) is 5.56 Å². The second kappa shape index (κ2) is 8.08. The molecule has 0 aliphatic carbocycles. The highest BCUT2D eigenvalue weighted by atomic mass is 16.5. The molecule has 1 aromatic heterocycles. The third-order valence-corrected chi connectivity index (χ3v) is 4.64. The number of ether oxygens (including phenoxy) is 1. The molecule has 2 aromatic carbocycles. The van der Waals surface area contributed by atoms with Crippen LogP contribution in [0.4, 0.5) is 0 Å². The van der Waals surface area contributed by atoms with Crippen LogP contribution in [0.25, 0.3) is 10.9 Å². The lowest BCUT2D eigenvalue weighted by Crippen LogP contribution is -2.27. The van der Waals surface area contributed by atoms with E-state index in [4.69, 9.17) is 4.74 Å². The van der Waals surface area contributed by atoms with Gasteiger partial charge in [0, 0.05) is 23.2 Å². The zero-order valence-corrected chi connectivity index (χ0v) is 15.9. The first-order chi connectivity index (χ1) is 13.0. The van der Waals surface area contributed by atoms with Crippen molar-refractivity contribution in [3.8, 4) is 5.75 Å². The van der Waals surface area contributed by atoms with Crippen molar-refractivity contribution in [3.63, 3.8) is 0 Å². The van der Waals surface area contributed by atoms with Gasteiger partial charge in [-0.25, -0.2) is 0 Å². The molecule has 0 bridgehead atoms. The van der Waals surface area contributed by atoms with E-state index in [1.54, 1.807) is 24.3 Å². The van der Waals surface area contributed by atoms with Gasteiger partial charge in [0.15, 0.2) is 0 Å². The third-order valence-electron chi connectivity index (χ3n) is 4.64. The third kappa shape index (κ3) is 4.37. The van der Waals surface area contributed by atoms with Gasteiger partial charge in [-0.15, -0.1) is 0 Å². The average Bonchev–Trinajstić information content (AvgIpc) is 2.64. The number of pyridine rings is 1. The van der Waals surface area contributed by atoms with Crippen LogP contribution in [-0.2, 0) is 6.42 Å². The second-order valence-corrected chi connectivity index (χ2v) is 6.61. The molecule has 5 heteroatoms. The summed E-state index contributed by atoms with van der Waals surface area (Å²) in [5.41, 5.74) is 4.29. The molecule has 140 valence electrons. The van der Waals surface area contributed by atoms with Gasteiger partial charge >= 0.3 is 0 Å². The number of H-pyrrole nitrogens is 1. The molecule has 0 fully saturated rings. The monoisotopic (exact) mass is 364 g/mol. The first kappa shape index (κ1) is 18.7. The molecule has 0 aliphatic heterocycles. The summed E-state index contributed by atoms with van der Waals surface area (Å²) in [6.45, 7) is 6.97. The van der Waals surface area contributed by atoms with Crippen LogP contribution in [0.2, 0.25) is 0 Å². The average molecular weight is 364 g/mol. The Labute approximate surface area is 158 Å². The first-order valence-corrected chi connectivity index (χ1v) is 9.12. The van der Waals surface area contributed by atoms with Crippen LogP contribution in [-0.4, -0.2) is 24.0 Å². The number of aryl methyl sites for hydroxylation is 2. The fourth-order valence-electron chi connectivity index (χ4n) is 2.99. The van der Waals surface area contributed by atoms with E-state index in [0.717, 1.165) is 22.2 Å². The van der Waals surface area contributed by atoms with E-state index < -0.39 is 0 Å². The summed E-state index contributed by atoms with van der Waals surface area (Å²) in [6, 6.07) is 13.0. The highest BCUT2D eigenvalue weighted by molar-refractivity contribution is 5.94. The largest absolute Gasteiger partial charge is 0.494 e. The molecule has 0 atom stereocenters. The highest BCUT2D eigenvalue weighted by Gasteiger charge is 2.08. The Hall–Kier alpha value is -3.08. The number of fused-ring (bicyclic) bond motifs is 1. The first-order valence-electron chi connectivity index (χ1n) is 9.12. The van der Waals surface area contributed by atoms with E-state index in [1.807, 2.05) is 26.0 Å². The molecule has 0 unspecified atom stereocenters. The van der Waals surface area contributed by atoms with Crippen LogP contribution in [0, 0.1) is 13.8 Å². The molecule has 2 N–H and O–H groups in total. The van der Waals surface area contributed by atoms with Gasteiger partial charge in [-0.3, -0.25) is 9.59 Å². The number of hydrogen-bond acceptors (Lipinski definition) is 3. The molecule has 0 spiro atoms. The second-order valence-electron chi connectivity index (χ2n) is 6.61. The van der Waals surface area contributed by atoms with Crippen molar-refractivity contribution in [2.45, 2.75) is 27.2 Å². The quantitative estimate of drug-likeness (QED) is 0.703. The van der Waals surface area contributed by atoms with Crippen molar-refractivity contribution in [2.75, 3.05) is 13.2 Å². The summed E-state index contributed by atoms with van der Waals surface area (Å²) in [7, 11) is 0. The van der Waals surface area contributed by atoms with Crippen molar-refractivity contribution >= 4 is 16.8 Å². The number of amides is 1. The zero-order valence-electron chi connectivity index (χ0n) is 15.9. The summed E-state index contributed by atoms with van der Waals surface area (Å²) >= 11 is 0. The Morgan fingerprint density at radius 2 is 1.78 bits per heavy atom. The Morgan fingerprint density at radius 1 is 1.07 bits per heavy atom. The van der Waals surface area contributed by atoms with E-state index in [-0.39, 0.29) is 11.5 Å². The molecule has 27 heavy (non-hydrogen) atoms. The molecule has 1 heterocycles. The minimum absolute atomic E-state index is 0.110. The van der Waals surface area contributed by atoms with Crippen molar-refractivity contribution in [2.24, 2.45) is 0 Å². The molecule has 3 aromatic rings. The van der Waals surface area contributed by atoms with Gasteiger partial charge in [0.05, 0.1) is 6.61 Å². The lowest BCUT2D eigenvalue weighted by atomic mass is 10.0. The maximum Gasteiger partial charge on any atom is 0.251 e. The number of carbonyl (C=O) groups is 1. The number of hydrogen-bond donors (Lipinski definition) is 2. The van der Waals surface area contributed by atoms with Gasteiger partial charge in [0.1, 0.15) is 5.75 Å². The number of nitrogens with one attached hydrogen (secondary N) is 2. The standard InChI is InChI=1S/C22H24N2O3/c1-4-27-19-7-5-16(6-8-19)21(25)23-10-9-17-13-18-11-14(2)15(3)12-20(18)24-22(17)26/h5-8,11-13H,4,9-10H2,1-3H3,(H,23,25)(H,24,26). The lowest BCUT2D eigenvalue weighted by Gasteiger charge is -2.08. The fourth-order valence-corrected chi connectivity index (χ4v) is 2.99. The Morgan fingerprint density at radius 3 is 2.48 bits per heavy atom. The summed E-state index contributed by atoms with van der Waals surface area (Å²) in [4.78, 5) is 27.5. The predicted octanol–water partition coefficient (Wildman–Crippen LogP) is 3.52.